The molecule has 2 nitrogen and oxygen atoms in total. The molecule has 0 radical (unpaired) electrons. The highest BCUT2D eigenvalue weighted by Crippen LogP contribution is 2.26. The van der Waals surface area contributed by atoms with E-state index in [4.69, 9.17) is 9.47 Å². The Morgan fingerprint density at radius 1 is 1.18 bits per heavy atom. The molecule has 0 amide bonds. The van der Waals surface area contributed by atoms with E-state index in [9.17, 15) is 0 Å². The van der Waals surface area contributed by atoms with E-state index in [1.165, 1.54) is 0 Å². The Hall–Kier alpha value is -0.860. The largest absolute Gasteiger partial charge is 0.341 e. The second-order valence-corrected chi connectivity index (χ2v) is 2.66. The van der Waals surface area contributed by atoms with Crippen LogP contribution in [-0.2, 0) is 9.47 Å². The molecule has 0 aromatic rings. The fourth-order valence-corrected chi connectivity index (χ4v) is 1.19. The van der Waals surface area contributed by atoms with Crippen LogP contribution in [0.4, 0.5) is 0 Å². The zero-order chi connectivity index (χ0) is 7.73. The van der Waals surface area contributed by atoms with Gasteiger partial charge in [0.15, 0.2) is 0 Å². The van der Waals surface area contributed by atoms with Gasteiger partial charge in [-0.3, -0.25) is 0 Å². The molecule has 0 aromatic heterocycles. The Kier molecular flexibility index (Phi) is 1.44. The lowest BCUT2D eigenvalue weighted by Crippen LogP contribution is -2.25. The monoisotopic (exact) mass is 150 g/mol. The van der Waals surface area contributed by atoms with E-state index in [0.717, 1.165) is 5.57 Å². The molecule has 1 fully saturated rings. The van der Waals surface area contributed by atoms with Crippen molar-refractivity contribution in [3.8, 4) is 0 Å². The summed E-state index contributed by atoms with van der Waals surface area (Å²) in [5.74, 6) is -0.568. The summed E-state index contributed by atoms with van der Waals surface area (Å²) in [7, 11) is 0. The summed E-state index contributed by atoms with van der Waals surface area (Å²) in [5, 5.41) is 0. The molecule has 0 bridgehead atoms. The highest BCUT2D eigenvalue weighted by molar-refractivity contribution is 5.36. The molecule has 1 spiro atoms. The van der Waals surface area contributed by atoms with Crippen molar-refractivity contribution in [2.75, 3.05) is 13.2 Å². The highest BCUT2D eigenvalue weighted by atomic mass is 16.7. The molecule has 1 aliphatic heterocycles. The summed E-state index contributed by atoms with van der Waals surface area (Å²) in [6, 6.07) is 0. The van der Waals surface area contributed by atoms with E-state index in [0.29, 0.717) is 13.2 Å². The van der Waals surface area contributed by atoms with Crippen molar-refractivity contribution >= 4 is 0 Å². The summed E-state index contributed by atoms with van der Waals surface area (Å²) >= 11 is 0. The first kappa shape index (κ1) is 6.83. The number of hydrogen-bond donors (Lipinski definition) is 0. The summed E-state index contributed by atoms with van der Waals surface area (Å²) in [4.78, 5) is 0. The number of hydrogen-bond acceptors (Lipinski definition) is 2. The second kappa shape index (κ2) is 2.32. The summed E-state index contributed by atoms with van der Waals surface area (Å²) in [6.45, 7) is 5.12. The minimum absolute atomic E-state index is 0.568. The topological polar surface area (TPSA) is 18.5 Å². The Bertz CT molecular complexity index is 214. The van der Waals surface area contributed by atoms with Gasteiger partial charge in [-0.2, -0.15) is 0 Å². The third-order valence-corrected chi connectivity index (χ3v) is 1.80. The molecule has 0 N–H and O–H groups in total. The molecule has 0 unspecified atom stereocenters. The molecule has 2 rings (SSSR count). The molecule has 11 heavy (non-hydrogen) atoms. The lowest BCUT2D eigenvalue weighted by Gasteiger charge is -2.21. The summed E-state index contributed by atoms with van der Waals surface area (Å²) in [6.07, 6.45) is 7.60. The Morgan fingerprint density at radius 3 is 2.27 bits per heavy atom. The molecule has 2 aliphatic rings. The molecule has 0 saturated carbocycles. The average molecular weight is 150 g/mol. The first-order valence-electron chi connectivity index (χ1n) is 3.66. The van der Waals surface area contributed by atoms with Crippen molar-refractivity contribution in [1.29, 1.82) is 0 Å². The molecular formula is C9H10O2. The summed E-state index contributed by atoms with van der Waals surface area (Å²) < 4.78 is 10.8. The van der Waals surface area contributed by atoms with Crippen LogP contribution in [0.5, 0.6) is 0 Å². The van der Waals surface area contributed by atoms with Gasteiger partial charge in [0.05, 0.1) is 13.2 Å². The Labute approximate surface area is 65.8 Å². The van der Waals surface area contributed by atoms with Crippen molar-refractivity contribution in [2.45, 2.75) is 5.79 Å². The van der Waals surface area contributed by atoms with Crippen LogP contribution in [0.25, 0.3) is 0 Å². The smallest absolute Gasteiger partial charge is 0.208 e. The molecular weight excluding hydrogens is 140 g/mol. The fourth-order valence-electron chi connectivity index (χ4n) is 1.19. The zero-order valence-electron chi connectivity index (χ0n) is 6.25. The minimum atomic E-state index is -0.568. The van der Waals surface area contributed by atoms with Crippen molar-refractivity contribution < 1.29 is 9.47 Å². The molecule has 2 heteroatoms. The van der Waals surface area contributed by atoms with E-state index < -0.39 is 5.79 Å². The molecule has 0 atom stereocenters. The lowest BCUT2D eigenvalue weighted by molar-refractivity contribution is -0.0749. The molecule has 0 aromatic carbocycles. The van der Waals surface area contributed by atoms with Crippen LogP contribution in [0.3, 0.4) is 0 Å². The van der Waals surface area contributed by atoms with Crippen LogP contribution in [0.1, 0.15) is 0 Å². The number of allylic oxidation sites excluding steroid dienone is 3. The van der Waals surface area contributed by atoms with Gasteiger partial charge in [-0.05, 0) is 17.7 Å². The van der Waals surface area contributed by atoms with Crippen LogP contribution in [-0.4, -0.2) is 19.0 Å². The van der Waals surface area contributed by atoms with Gasteiger partial charge in [-0.25, -0.2) is 0 Å². The number of rotatable bonds is 0. The standard InChI is InChI=1S/C9H10O2/c1-8-2-4-9(5-3-8)10-6-7-11-9/h2-5H,1,6-7H2. The second-order valence-electron chi connectivity index (χ2n) is 2.66. The third-order valence-electron chi connectivity index (χ3n) is 1.80. The van der Waals surface area contributed by atoms with Crippen molar-refractivity contribution in [1.82, 2.24) is 0 Å². The van der Waals surface area contributed by atoms with Gasteiger partial charge in [-0.1, -0.05) is 18.7 Å². The van der Waals surface area contributed by atoms with E-state index in [-0.39, 0.29) is 0 Å². The van der Waals surface area contributed by atoms with E-state index >= 15 is 0 Å². The van der Waals surface area contributed by atoms with E-state index in [1.54, 1.807) is 0 Å². The predicted octanol–water partition coefficient (Wildman–Crippen LogP) is 1.41. The van der Waals surface area contributed by atoms with Gasteiger partial charge in [0.2, 0.25) is 5.79 Å². The quantitative estimate of drug-likeness (QED) is 0.519. The SMILES string of the molecule is C=C1C=CC2(C=C1)OCCO2. The van der Waals surface area contributed by atoms with Crippen LogP contribution in [0, 0.1) is 0 Å². The van der Waals surface area contributed by atoms with Gasteiger partial charge >= 0.3 is 0 Å². The average Bonchev–Trinajstić information content (AvgIpc) is 2.45. The van der Waals surface area contributed by atoms with Gasteiger partial charge < -0.3 is 9.47 Å². The van der Waals surface area contributed by atoms with Crippen molar-refractivity contribution in [3.05, 3.63) is 36.5 Å². The normalized spacial score (nSPS) is 26.7. The highest BCUT2D eigenvalue weighted by Gasteiger charge is 2.31. The van der Waals surface area contributed by atoms with E-state index in [1.807, 2.05) is 24.3 Å². The first-order valence-corrected chi connectivity index (χ1v) is 3.66. The van der Waals surface area contributed by atoms with Crippen LogP contribution in [0.15, 0.2) is 36.5 Å². The van der Waals surface area contributed by atoms with Crippen LogP contribution < -0.4 is 0 Å². The Morgan fingerprint density at radius 2 is 1.73 bits per heavy atom. The molecule has 1 heterocycles. The number of ether oxygens (including phenoxy) is 2. The van der Waals surface area contributed by atoms with Gasteiger partial charge in [0.25, 0.3) is 0 Å². The molecule has 58 valence electrons. The predicted molar refractivity (Wildman–Crippen MR) is 42.1 cm³/mol. The fraction of sp³-hybridized carbons (Fsp3) is 0.333. The van der Waals surface area contributed by atoms with Crippen molar-refractivity contribution in [2.24, 2.45) is 0 Å². The van der Waals surface area contributed by atoms with Crippen LogP contribution >= 0.6 is 0 Å². The lowest BCUT2D eigenvalue weighted by atomic mass is 10.1. The van der Waals surface area contributed by atoms with Crippen molar-refractivity contribution in [3.63, 3.8) is 0 Å². The molecule has 1 aliphatic carbocycles. The zero-order valence-corrected chi connectivity index (χ0v) is 6.25. The maximum absolute atomic E-state index is 5.39. The van der Waals surface area contributed by atoms with Gasteiger partial charge in [-0.15, -0.1) is 0 Å². The molecule has 1 saturated heterocycles. The van der Waals surface area contributed by atoms with E-state index in [2.05, 4.69) is 6.58 Å². The summed E-state index contributed by atoms with van der Waals surface area (Å²) in [5.41, 5.74) is 0.981. The maximum Gasteiger partial charge on any atom is 0.208 e. The van der Waals surface area contributed by atoms with Gasteiger partial charge in [0.1, 0.15) is 0 Å². The maximum atomic E-state index is 5.39. The minimum Gasteiger partial charge on any atom is -0.341 e. The van der Waals surface area contributed by atoms with Crippen LogP contribution in [0.2, 0.25) is 0 Å². The first-order chi connectivity index (χ1) is 5.31. The van der Waals surface area contributed by atoms with Gasteiger partial charge in [0, 0.05) is 0 Å². The Balaban J connectivity index is 2.22. The third kappa shape index (κ3) is 1.15.